The van der Waals surface area contributed by atoms with Crippen LogP contribution in [0.2, 0.25) is 0 Å². The third-order valence-electron chi connectivity index (χ3n) is 9.90. The predicted octanol–water partition coefficient (Wildman–Crippen LogP) is 3.64. The second-order valence-electron chi connectivity index (χ2n) is 14.3. The molecule has 6 heterocycles. The number of β-amino-alcohol motifs (C(OH)–C–C–N with tert-alkyl or cyclic N) is 1. The molecule has 5 aliphatic heterocycles. The Kier molecular flexibility index (Phi) is 13.8. The van der Waals surface area contributed by atoms with E-state index in [-0.39, 0.29) is 82.6 Å². The van der Waals surface area contributed by atoms with Crippen molar-refractivity contribution < 1.29 is 46.1 Å². The fourth-order valence-corrected chi connectivity index (χ4v) is 6.98. The highest BCUT2D eigenvalue weighted by Gasteiger charge is 2.44. The molecule has 12 nitrogen and oxygen atoms in total. The van der Waals surface area contributed by atoms with Crippen molar-refractivity contribution in [2.75, 3.05) is 108 Å². The van der Waals surface area contributed by atoms with Crippen LogP contribution < -0.4 is 19.9 Å². The van der Waals surface area contributed by atoms with Gasteiger partial charge in [0.1, 0.15) is 18.2 Å². The minimum Gasteiger partial charge on any atom is -0.508 e. The molecular weight excluding hydrogens is 770 g/mol. The molecule has 56 heavy (non-hydrogen) atoms. The Hall–Kier alpha value is -4.10. The van der Waals surface area contributed by atoms with Gasteiger partial charge in [-0.05, 0) is 23.9 Å². The number of nitrogens with one attached hydrogen (secondary N) is 1. The van der Waals surface area contributed by atoms with Gasteiger partial charge in [-0.2, -0.15) is 9.97 Å². The van der Waals surface area contributed by atoms with Crippen molar-refractivity contribution in [1.29, 1.82) is 0 Å². The number of halogens is 7. The number of fused-ring (bicyclic) bond motifs is 2. The number of aromatic hydroxyl groups is 1. The van der Waals surface area contributed by atoms with Crippen molar-refractivity contribution in [2.24, 2.45) is 0 Å². The molecule has 0 saturated carbocycles. The molecule has 5 aliphatic rings. The smallest absolute Gasteiger partial charge is 0.318 e. The molecule has 0 aliphatic carbocycles. The van der Waals surface area contributed by atoms with E-state index in [4.69, 9.17) is 19.8 Å². The van der Waals surface area contributed by atoms with Gasteiger partial charge < -0.3 is 35.0 Å². The molecule has 3 N–H and O–H groups in total. The Morgan fingerprint density at radius 1 is 0.875 bits per heavy atom. The quantitative estimate of drug-likeness (QED) is 0.217. The number of carbonyl (C=O) groups is 1. The highest BCUT2D eigenvalue weighted by atomic mass is 35.5. The van der Waals surface area contributed by atoms with Crippen LogP contribution in [0.15, 0.2) is 49.1 Å². The fraction of sp³-hybridized carbons (Fsp3) is 0.541. The molecular formula is C37H47ClF6N8O4. The first-order chi connectivity index (χ1) is 26.1. The molecule has 8 rings (SSSR count). The van der Waals surface area contributed by atoms with Crippen molar-refractivity contribution in [2.45, 2.75) is 30.7 Å². The third-order valence-corrected chi connectivity index (χ3v) is 9.90. The average molecular weight is 817 g/mol. The number of likely N-dealkylation sites (tertiary alicyclic amines) is 2. The first-order valence-electron chi connectivity index (χ1n) is 18.2. The van der Waals surface area contributed by atoms with Crippen LogP contribution in [0.25, 0.3) is 10.8 Å². The topological polar surface area (TPSA) is 121 Å². The van der Waals surface area contributed by atoms with Crippen LogP contribution in [-0.2, 0) is 17.8 Å². The minimum absolute atomic E-state index is 0. The largest absolute Gasteiger partial charge is 0.508 e. The zero-order valence-corrected chi connectivity index (χ0v) is 31.6. The Balaban J connectivity index is 0.000000312. The van der Waals surface area contributed by atoms with Crippen LogP contribution >= 0.6 is 12.4 Å². The summed E-state index contributed by atoms with van der Waals surface area (Å²) < 4.78 is 79.3. The molecule has 0 unspecified atom stereocenters. The number of alkyl halides is 6. The number of ether oxygens (including phenoxy) is 1. The van der Waals surface area contributed by atoms with Crippen LogP contribution in [0.1, 0.15) is 11.3 Å². The first-order valence-corrected chi connectivity index (χ1v) is 18.2. The second-order valence-corrected chi connectivity index (χ2v) is 14.3. The number of hydrogen-bond acceptors (Lipinski definition) is 11. The third kappa shape index (κ3) is 10.8. The van der Waals surface area contributed by atoms with Gasteiger partial charge in [0, 0.05) is 68.5 Å². The number of carbonyl (C=O) groups excluding carboxylic acids is 1. The maximum Gasteiger partial charge on any atom is 0.318 e. The van der Waals surface area contributed by atoms with Crippen LogP contribution in [0.3, 0.4) is 0 Å². The van der Waals surface area contributed by atoms with Crippen molar-refractivity contribution in [3.05, 3.63) is 60.3 Å². The molecule has 0 bridgehead atoms. The van der Waals surface area contributed by atoms with Crippen molar-refractivity contribution in [3.8, 4) is 11.8 Å². The molecule has 0 spiro atoms. The Labute approximate surface area is 327 Å². The van der Waals surface area contributed by atoms with Crippen LogP contribution in [0, 0.1) is 0 Å². The van der Waals surface area contributed by atoms with Gasteiger partial charge in [0.05, 0.1) is 58.1 Å². The number of aliphatic hydroxyl groups excluding tert-OH is 1. The lowest BCUT2D eigenvalue weighted by atomic mass is 10.0. The summed E-state index contributed by atoms with van der Waals surface area (Å²) in [5.74, 6) is -6.59. The summed E-state index contributed by atoms with van der Waals surface area (Å²) in [6, 6.07) is 11.7. The maximum absolute atomic E-state index is 13.2. The summed E-state index contributed by atoms with van der Waals surface area (Å²) in [5.41, 5.74) is 2.80. The number of phenolic OH excluding ortho intramolecular Hbond substituents is 1. The number of anilines is 2. The number of piperazine rings is 1. The molecule has 4 saturated heterocycles. The number of aliphatic hydroxyl groups is 1. The molecule has 1 aromatic heterocycles. The van der Waals surface area contributed by atoms with E-state index in [1.807, 2.05) is 24.3 Å². The van der Waals surface area contributed by atoms with Gasteiger partial charge in [-0.3, -0.25) is 14.6 Å². The lowest BCUT2D eigenvalue weighted by Crippen LogP contribution is -2.57. The van der Waals surface area contributed by atoms with E-state index in [9.17, 15) is 36.2 Å². The number of aromatic nitrogens is 2. The molecule has 2 aromatic carbocycles. The molecule has 0 atom stereocenters. The van der Waals surface area contributed by atoms with Crippen molar-refractivity contribution in [3.63, 3.8) is 0 Å². The number of hydrogen-bond donors (Lipinski definition) is 3. The summed E-state index contributed by atoms with van der Waals surface area (Å²) in [6.07, 6.45) is 2.03. The summed E-state index contributed by atoms with van der Waals surface area (Å²) in [4.78, 5) is 30.9. The lowest BCUT2D eigenvalue weighted by molar-refractivity contribution is -0.133. The van der Waals surface area contributed by atoms with Gasteiger partial charge in [-0.15, -0.1) is 12.4 Å². The highest BCUT2D eigenvalue weighted by molar-refractivity contribution is 5.95. The number of nitrogens with zero attached hydrogens (tertiary/aromatic N) is 7. The normalized spacial score (nSPS) is 20.7. The van der Waals surface area contributed by atoms with E-state index in [0.29, 0.717) is 52.2 Å². The van der Waals surface area contributed by atoms with Gasteiger partial charge >= 0.3 is 6.01 Å². The van der Waals surface area contributed by atoms with E-state index in [1.54, 1.807) is 21.9 Å². The standard InChI is InChI=1S/C29H32F2N6O3.C5H9F2NO.C3H5F2N.ClH/c1-2-26(39)35-9-11-36(12-10-35)27-23-7-8-37(25-16-21(38)15-20-5-3-4-6-22(20)25)17-24(23)32-28(33-27)40-14-13-34-18-29(30,31)19-34;6-5(7)3-8(4-5)1-2-9;4-3(5)1-6-2-3;/h2-6,15-16,38H,1,7-14,17-19H2;9H,1-4H2;6H,1-2H2;1H. The zero-order chi connectivity index (χ0) is 39.4. The highest BCUT2D eigenvalue weighted by Crippen LogP contribution is 2.36. The zero-order valence-electron chi connectivity index (χ0n) is 30.8. The molecule has 3 aromatic rings. The van der Waals surface area contributed by atoms with Crippen LogP contribution in [0.4, 0.5) is 37.8 Å². The molecule has 308 valence electrons. The summed E-state index contributed by atoms with van der Waals surface area (Å²) >= 11 is 0. The predicted molar refractivity (Wildman–Crippen MR) is 202 cm³/mol. The van der Waals surface area contributed by atoms with E-state index >= 15 is 0 Å². The number of rotatable bonds is 9. The van der Waals surface area contributed by atoms with Crippen molar-refractivity contribution >= 4 is 40.6 Å². The Morgan fingerprint density at radius 3 is 2.07 bits per heavy atom. The monoisotopic (exact) mass is 816 g/mol. The fourth-order valence-electron chi connectivity index (χ4n) is 6.98. The Bertz CT molecular complexity index is 1810. The van der Waals surface area contributed by atoms with Gasteiger partial charge in [0.15, 0.2) is 0 Å². The number of benzene rings is 2. The van der Waals surface area contributed by atoms with E-state index in [0.717, 1.165) is 40.1 Å². The van der Waals surface area contributed by atoms with Gasteiger partial charge in [-0.1, -0.05) is 30.8 Å². The molecule has 4 fully saturated rings. The molecule has 0 radical (unpaired) electrons. The van der Waals surface area contributed by atoms with Crippen LogP contribution in [0.5, 0.6) is 11.8 Å². The van der Waals surface area contributed by atoms with Gasteiger partial charge in [0.2, 0.25) is 5.91 Å². The molecule has 19 heteroatoms. The molecule has 1 amide bonds. The van der Waals surface area contributed by atoms with Crippen LogP contribution in [-0.4, -0.2) is 157 Å². The van der Waals surface area contributed by atoms with E-state index in [2.05, 4.69) is 21.7 Å². The van der Waals surface area contributed by atoms with E-state index in [1.165, 1.54) is 11.0 Å². The number of phenols is 1. The first kappa shape index (κ1) is 43.0. The van der Waals surface area contributed by atoms with E-state index < -0.39 is 17.8 Å². The van der Waals surface area contributed by atoms with Crippen molar-refractivity contribution in [1.82, 2.24) is 30.0 Å². The Morgan fingerprint density at radius 2 is 1.50 bits per heavy atom. The summed E-state index contributed by atoms with van der Waals surface area (Å²) in [7, 11) is 0. The maximum atomic E-state index is 13.2. The summed E-state index contributed by atoms with van der Waals surface area (Å²) in [5, 5.41) is 23.1. The van der Waals surface area contributed by atoms with Gasteiger partial charge in [0.25, 0.3) is 17.8 Å². The minimum atomic E-state index is -2.62. The number of amides is 1. The summed E-state index contributed by atoms with van der Waals surface area (Å²) in [6.45, 7) is 6.93. The second kappa shape index (κ2) is 18.0. The average Bonchev–Trinajstić information content (AvgIpc) is 3.12. The van der Waals surface area contributed by atoms with Gasteiger partial charge in [-0.25, -0.2) is 26.3 Å². The lowest BCUT2D eigenvalue weighted by Gasteiger charge is -2.38. The SMILES string of the molecule is C=CC(=O)N1CCN(c2nc(OCCN3CC(F)(F)C3)nc3c2CCN(c2cc(O)cc4ccccc24)C3)CC1.Cl.FC1(F)CNC1.OCCN1CC(F)(F)C1.